The van der Waals surface area contributed by atoms with Crippen LogP contribution in [0.25, 0.3) is 0 Å². The van der Waals surface area contributed by atoms with Crippen LogP contribution < -0.4 is 20.7 Å². The normalized spacial score (nSPS) is 17.8. The van der Waals surface area contributed by atoms with Gasteiger partial charge in [0.15, 0.2) is 6.61 Å². The fourth-order valence-corrected chi connectivity index (χ4v) is 5.27. The minimum Gasteiger partial charge on any atom is -0.484 e. The maximum absolute atomic E-state index is 13.5. The SMILES string of the molecule is O=C(COc1ccc(Nc2ncc3c(n2)CCN(C2=CC(NC(=O)c4cccc(C(F)(F)F)c4)=CCC2Cl)C3=O)cc1)NC1CC1. The zero-order valence-electron chi connectivity index (χ0n) is 24.2. The van der Waals surface area contributed by atoms with E-state index in [1.165, 1.54) is 23.2 Å². The van der Waals surface area contributed by atoms with Crippen LogP contribution in [0.2, 0.25) is 0 Å². The molecule has 3 N–H and O–H groups in total. The van der Waals surface area contributed by atoms with Crippen molar-refractivity contribution in [2.24, 2.45) is 0 Å². The van der Waals surface area contributed by atoms with Gasteiger partial charge in [0.25, 0.3) is 17.7 Å². The van der Waals surface area contributed by atoms with E-state index in [4.69, 9.17) is 16.3 Å². The maximum atomic E-state index is 13.5. The minimum atomic E-state index is -4.58. The highest BCUT2D eigenvalue weighted by atomic mass is 35.5. The van der Waals surface area contributed by atoms with Crippen molar-refractivity contribution in [3.63, 3.8) is 0 Å². The molecule has 1 fully saturated rings. The van der Waals surface area contributed by atoms with Crippen molar-refractivity contribution >= 4 is 41.0 Å². The Kier molecular flexibility index (Phi) is 8.67. The van der Waals surface area contributed by atoms with Crippen molar-refractivity contribution in [1.29, 1.82) is 0 Å². The van der Waals surface area contributed by atoms with Gasteiger partial charge in [0.1, 0.15) is 5.75 Å². The molecule has 2 aliphatic carbocycles. The number of nitrogens with zero attached hydrogens (tertiary/aromatic N) is 3. The van der Waals surface area contributed by atoms with E-state index in [1.54, 1.807) is 36.4 Å². The number of hydrogen-bond donors (Lipinski definition) is 3. The average molecular weight is 653 g/mol. The molecule has 0 bridgehead atoms. The number of fused-ring (bicyclic) bond motifs is 1. The number of amides is 3. The summed E-state index contributed by atoms with van der Waals surface area (Å²) >= 11 is 6.57. The Bertz CT molecular complexity index is 1740. The van der Waals surface area contributed by atoms with E-state index < -0.39 is 23.0 Å². The van der Waals surface area contributed by atoms with Gasteiger partial charge < -0.3 is 25.6 Å². The number of alkyl halides is 4. The number of anilines is 2. The van der Waals surface area contributed by atoms with Gasteiger partial charge >= 0.3 is 6.18 Å². The van der Waals surface area contributed by atoms with Crippen LogP contribution in [-0.4, -0.2) is 57.2 Å². The molecule has 1 atom stereocenters. The summed E-state index contributed by atoms with van der Waals surface area (Å²) in [6.07, 6.45) is 2.78. The van der Waals surface area contributed by atoms with Gasteiger partial charge in [0.2, 0.25) is 5.95 Å². The second kappa shape index (κ2) is 12.8. The Morgan fingerprint density at radius 3 is 2.63 bits per heavy atom. The van der Waals surface area contributed by atoms with E-state index in [0.717, 1.165) is 25.0 Å². The van der Waals surface area contributed by atoms with E-state index >= 15 is 0 Å². The Balaban J connectivity index is 1.09. The molecule has 1 aromatic heterocycles. The third kappa shape index (κ3) is 7.31. The average Bonchev–Trinajstić information content (AvgIpc) is 3.85. The van der Waals surface area contributed by atoms with Gasteiger partial charge in [0.05, 0.1) is 22.2 Å². The summed E-state index contributed by atoms with van der Waals surface area (Å²) in [5, 5.41) is 8.01. The molecule has 0 spiro atoms. The second-order valence-electron chi connectivity index (χ2n) is 11.0. The fourth-order valence-electron chi connectivity index (χ4n) is 5.00. The predicted molar refractivity (Wildman–Crippen MR) is 162 cm³/mol. The molecule has 6 rings (SSSR count). The number of benzene rings is 2. The quantitative estimate of drug-likeness (QED) is 0.275. The Hall–Kier alpha value is -4.91. The molecular formula is C32H28ClF3N6O4. The highest BCUT2D eigenvalue weighted by Crippen LogP contribution is 2.31. The number of halogens is 4. The van der Waals surface area contributed by atoms with Gasteiger partial charge in [-0.2, -0.15) is 13.2 Å². The van der Waals surface area contributed by atoms with Crippen LogP contribution in [0.3, 0.4) is 0 Å². The summed E-state index contributed by atoms with van der Waals surface area (Å²) < 4.78 is 44.8. The van der Waals surface area contributed by atoms with Gasteiger partial charge in [-0.1, -0.05) is 12.1 Å². The minimum absolute atomic E-state index is 0.0598. The van der Waals surface area contributed by atoms with Crippen LogP contribution >= 0.6 is 11.6 Å². The second-order valence-corrected chi connectivity index (χ2v) is 11.5. The monoisotopic (exact) mass is 652 g/mol. The third-order valence-electron chi connectivity index (χ3n) is 7.53. The molecular weight excluding hydrogens is 625 g/mol. The van der Waals surface area contributed by atoms with Gasteiger partial charge in [-0.3, -0.25) is 14.4 Å². The summed E-state index contributed by atoms with van der Waals surface area (Å²) in [7, 11) is 0. The van der Waals surface area contributed by atoms with E-state index in [2.05, 4.69) is 25.9 Å². The van der Waals surface area contributed by atoms with Crippen molar-refractivity contribution in [3.05, 3.63) is 101 Å². The molecule has 14 heteroatoms. The molecule has 1 aliphatic heterocycles. The first-order valence-corrected chi connectivity index (χ1v) is 15.0. The summed E-state index contributed by atoms with van der Waals surface area (Å²) in [4.78, 5) is 48.4. The molecule has 238 valence electrons. The highest BCUT2D eigenvalue weighted by molar-refractivity contribution is 6.23. The van der Waals surface area contributed by atoms with E-state index in [-0.39, 0.29) is 36.6 Å². The number of carbonyl (C=O) groups is 3. The molecule has 0 saturated heterocycles. The molecule has 1 saturated carbocycles. The summed E-state index contributed by atoms with van der Waals surface area (Å²) in [6.45, 7) is 0.211. The number of carbonyl (C=O) groups excluding carboxylic acids is 3. The van der Waals surface area contributed by atoms with Crippen LogP contribution in [-0.2, 0) is 17.4 Å². The standard InChI is InChI=1S/C32H28ClF3N6O4/c33-25-11-8-22(39-29(44)18-2-1-3-19(14-18)32(34,35)36)15-27(25)42-13-12-26-24(30(42)45)16-37-31(41-26)40-21-6-9-23(10-7-21)46-17-28(43)38-20-4-5-20/h1-3,6-10,14-16,20,25H,4-5,11-13,17H2,(H,38,43)(H,39,44)(H,37,40,41). The molecule has 46 heavy (non-hydrogen) atoms. The lowest BCUT2D eigenvalue weighted by Crippen LogP contribution is -2.41. The smallest absolute Gasteiger partial charge is 0.416 e. The van der Waals surface area contributed by atoms with E-state index in [9.17, 15) is 27.6 Å². The number of allylic oxidation sites excluding steroid dienone is 3. The molecule has 2 heterocycles. The van der Waals surface area contributed by atoms with E-state index in [0.29, 0.717) is 52.9 Å². The van der Waals surface area contributed by atoms with Crippen LogP contribution in [0.5, 0.6) is 5.75 Å². The van der Waals surface area contributed by atoms with Gasteiger partial charge in [-0.05, 0) is 67.8 Å². The number of ether oxygens (including phenoxy) is 1. The topological polar surface area (TPSA) is 126 Å². The van der Waals surface area contributed by atoms with Crippen molar-refractivity contribution < 1.29 is 32.3 Å². The van der Waals surface area contributed by atoms with Crippen LogP contribution in [0.1, 0.15) is 51.2 Å². The van der Waals surface area contributed by atoms with Crippen LogP contribution in [0.4, 0.5) is 24.8 Å². The van der Waals surface area contributed by atoms with Crippen LogP contribution in [0, 0.1) is 0 Å². The zero-order chi connectivity index (χ0) is 32.4. The van der Waals surface area contributed by atoms with Crippen molar-refractivity contribution in [2.75, 3.05) is 18.5 Å². The third-order valence-corrected chi connectivity index (χ3v) is 7.93. The van der Waals surface area contributed by atoms with Crippen molar-refractivity contribution in [3.8, 4) is 5.75 Å². The number of nitrogens with one attached hydrogen (secondary N) is 3. The first-order valence-electron chi connectivity index (χ1n) is 14.5. The lowest BCUT2D eigenvalue weighted by molar-refractivity contribution is -0.137. The van der Waals surface area contributed by atoms with Gasteiger partial charge in [-0.25, -0.2) is 9.97 Å². The Morgan fingerprint density at radius 2 is 1.89 bits per heavy atom. The number of hydrogen-bond acceptors (Lipinski definition) is 7. The molecule has 3 aliphatic rings. The molecule has 2 aromatic carbocycles. The first kappa shape index (κ1) is 31.1. The maximum Gasteiger partial charge on any atom is 0.416 e. The molecule has 0 radical (unpaired) electrons. The van der Waals surface area contributed by atoms with Crippen LogP contribution in [0.15, 0.2) is 78.3 Å². The molecule has 3 aromatic rings. The molecule has 10 nitrogen and oxygen atoms in total. The highest BCUT2D eigenvalue weighted by Gasteiger charge is 2.33. The summed E-state index contributed by atoms with van der Waals surface area (Å²) in [5.41, 5.74) is 1.23. The lowest BCUT2D eigenvalue weighted by Gasteiger charge is -2.33. The number of aromatic nitrogens is 2. The zero-order valence-corrected chi connectivity index (χ0v) is 25.0. The van der Waals surface area contributed by atoms with E-state index in [1.807, 2.05) is 0 Å². The lowest BCUT2D eigenvalue weighted by atomic mass is 10.0. The van der Waals surface area contributed by atoms with Gasteiger partial charge in [0, 0.05) is 47.8 Å². The fraction of sp³-hybridized carbons (Fsp3) is 0.281. The van der Waals surface area contributed by atoms with Gasteiger partial charge in [-0.15, -0.1) is 11.6 Å². The Morgan fingerprint density at radius 1 is 1.11 bits per heavy atom. The Labute approximate surface area is 266 Å². The molecule has 1 unspecified atom stereocenters. The summed E-state index contributed by atoms with van der Waals surface area (Å²) in [5.74, 6) is -0.395. The first-order chi connectivity index (χ1) is 22.0. The van der Waals surface area contributed by atoms with Crippen molar-refractivity contribution in [1.82, 2.24) is 25.5 Å². The summed E-state index contributed by atoms with van der Waals surface area (Å²) in [6, 6.07) is 11.4. The number of rotatable bonds is 9. The predicted octanol–water partition coefficient (Wildman–Crippen LogP) is 5.10. The largest absolute Gasteiger partial charge is 0.484 e. The van der Waals surface area contributed by atoms with Crippen molar-refractivity contribution in [2.45, 2.75) is 43.3 Å². The molecule has 3 amide bonds.